The molecule has 0 saturated carbocycles. The minimum Gasteiger partial charge on any atom is -0.481 e. The lowest BCUT2D eigenvalue weighted by molar-refractivity contribution is -0.142. The van der Waals surface area contributed by atoms with Crippen LogP contribution in [-0.4, -0.2) is 47.1 Å². The molecule has 0 spiro atoms. The van der Waals surface area contributed by atoms with Crippen LogP contribution >= 0.6 is 11.3 Å². The first-order valence-electron chi connectivity index (χ1n) is 6.88. The lowest BCUT2D eigenvalue weighted by Gasteiger charge is -2.20. The van der Waals surface area contributed by atoms with Crippen molar-refractivity contribution in [2.24, 2.45) is 0 Å². The van der Waals surface area contributed by atoms with Gasteiger partial charge in [-0.15, -0.1) is 11.3 Å². The number of aliphatic carboxylic acids is 1. The normalized spacial score (nSPS) is 12.2. The maximum Gasteiger partial charge on any atom is 0.315 e. The highest BCUT2D eigenvalue weighted by Crippen LogP contribution is 2.27. The average Bonchev–Trinajstić information content (AvgIpc) is 2.83. The van der Waals surface area contributed by atoms with Crippen molar-refractivity contribution in [3.63, 3.8) is 0 Å². The summed E-state index contributed by atoms with van der Waals surface area (Å²) in [5.74, 6) is -0.854. The second-order valence-electron chi connectivity index (χ2n) is 5.82. The van der Waals surface area contributed by atoms with E-state index in [-0.39, 0.29) is 0 Å². The lowest BCUT2D eigenvalue weighted by Crippen LogP contribution is -2.29. The molecule has 0 aliphatic carbocycles. The van der Waals surface area contributed by atoms with Gasteiger partial charge in [0, 0.05) is 18.0 Å². The van der Waals surface area contributed by atoms with Crippen LogP contribution in [-0.2, 0) is 10.2 Å². The van der Waals surface area contributed by atoms with Gasteiger partial charge >= 0.3 is 5.97 Å². The van der Waals surface area contributed by atoms with Crippen LogP contribution in [0.3, 0.4) is 0 Å². The first kappa shape index (κ1) is 16.9. The van der Waals surface area contributed by atoms with E-state index < -0.39 is 11.4 Å². The Labute approximate surface area is 125 Å². The molecule has 2 N–H and O–H groups in total. The molecule has 0 aromatic carbocycles. The summed E-state index contributed by atoms with van der Waals surface area (Å²) in [6, 6.07) is 0.554. The molecule has 5 nitrogen and oxygen atoms in total. The van der Waals surface area contributed by atoms with Gasteiger partial charge in [-0.05, 0) is 47.7 Å². The van der Waals surface area contributed by atoms with Gasteiger partial charge in [-0.3, -0.25) is 4.79 Å². The lowest BCUT2D eigenvalue weighted by atomic mass is 9.90. The van der Waals surface area contributed by atoms with E-state index in [1.807, 2.05) is 5.38 Å². The molecule has 0 unspecified atom stereocenters. The summed E-state index contributed by atoms with van der Waals surface area (Å²) < 4.78 is 0. The van der Waals surface area contributed by atoms with Crippen LogP contribution in [0.5, 0.6) is 0 Å². The summed E-state index contributed by atoms with van der Waals surface area (Å²) in [4.78, 5) is 17.8. The second kappa shape index (κ2) is 7.04. The zero-order valence-corrected chi connectivity index (χ0v) is 13.8. The van der Waals surface area contributed by atoms with E-state index in [2.05, 4.69) is 36.1 Å². The molecule has 1 aromatic rings. The summed E-state index contributed by atoms with van der Waals surface area (Å²) in [6.45, 7) is 9.57. The Bertz CT molecular complexity index is 443. The third-order valence-corrected chi connectivity index (χ3v) is 4.32. The van der Waals surface area contributed by atoms with Gasteiger partial charge in [-0.25, -0.2) is 4.98 Å². The Balaban J connectivity index is 2.44. The van der Waals surface area contributed by atoms with Gasteiger partial charge in [-0.2, -0.15) is 0 Å². The van der Waals surface area contributed by atoms with E-state index in [0.29, 0.717) is 11.7 Å². The highest BCUT2D eigenvalue weighted by molar-refractivity contribution is 7.13. The largest absolute Gasteiger partial charge is 0.481 e. The van der Waals surface area contributed by atoms with E-state index >= 15 is 0 Å². The highest BCUT2D eigenvalue weighted by Gasteiger charge is 2.32. The number of rotatable bonds is 8. The fourth-order valence-electron chi connectivity index (χ4n) is 1.53. The molecule has 1 heterocycles. The van der Waals surface area contributed by atoms with Crippen molar-refractivity contribution >= 4 is 22.4 Å². The molecule has 0 aliphatic rings. The summed E-state index contributed by atoms with van der Waals surface area (Å²) >= 11 is 1.46. The van der Waals surface area contributed by atoms with Gasteiger partial charge in [-0.1, -0.05) is 0 Å². The van der Waals surface area contributed by atoms with Crippen molar-refractivity contribution in [3.05, 3.63) is 11.1 Å². The molecule has 0 saturated heterocycles. The SMILES string of the molecule is CC(C)N(C)CCCNc1nc(C(C)(C)C(=O)O)cs1. The first-order valence-corrected chi connectivity index (χ1v) is 7.76. The van der Waals surface area contributed by atoms with Gasteiger partial charge < -0.3 is 15.3 Å². The molecule has 0 radical (unpaired) electrons. The van der Waals surface area contributed by atoms with E-state index in [9.17, 15) is 4.79 Å². The van der Waals surface area contributed by atoms with E-state index in [4.69, 9.17) is 5.11 Å². The zero-order chi connectivity index (χ0) is 15.3. The molecule has 0 atom stereocenters. The van der Waals surface area contributed by atoms with Crippen LogP contribution in [0.1, 0.15) is 39.8 Å². The number of nitrogens with one attached hydrogen (secondary N) is 1. The number of hydrogen-bond donors (Lipinski definition) is 2. The van der Waals surface area contributed by atoms with E-state index in [1.54, 1.807) is 13.8 Å². The van der Waals surface area contributed by atoms with E-state index in [1.165, 1.54) is 11.3 Å². The van der Waals surface area contributed by atoms with Gasteiger partial charge in [0.05, 0.1) is 5.69 Å². The number of nitrogens with zero attached hydrogens (tertiary/aromatic N) is 2. The summed E-state index contributed by atoms with van der Waals surface area (Å²) in [7, 11) is 2.11. The number of hydrogen-bond acceptors (Lipinski definition) is 5. The fourth-order valence-corrected chi connectivity index (χ4v) is 2.44. The Morgan fingerprint density at radius 2 is 2.20 bits per heavy atom. The van der Waals surface area contributed by atoms with Crippen molar-refractivity contribution < 1.29 is 9.90 Å². The van der Waals surface area contributed by atoms with E-state index in [0.717, 1.165) is 24.6 Å². The second-order valence-corrected chi connectivity index (χ2v) is 6.68. The first-order chi connectivity index (χ1) is 9.25. The maximum absolute atomic E-state index is 11.2. The number of thiazole rings is 1. The molecule has 20 heavy (non-hydrogen) atoms. The minimum absolute atomic E-state index is 0.554. The third kappa shape index (κ3) is 4.45. The summed E-state index contributed by atoms with van der Waals surface area (Å²) in [5.41, 5.74) is -0.328. The molecule has 0 fully saturated rings. The van der Waals surface area contributed by atoms with Crippen molar-refractivity contribution in [3.8, 4) is 0 Å². The smallest absolute Gasteiger partial charge is 0.315 e. The van der Waals surface area contributed by atoms with Crippen LogP contribution in [0, 0.1) is 0 Å². The topological polar surface area (TPSA) is 65.5 Å². The molecule has 1 aromatic heterocycles. The molecule has 0 aliphatic heterocycles. The zero-order valence-electron chi connectivity index (χ0n) is 12.9. The standard InChI is InChI=1S/C14H25N3O2S/c1-10(2)17(5)8-6-7-15-13-16-11(9-20-13)14(3,4)12(18)19/h9-10H,6-8H2,1-5H3,(H,15,16)(H,18,19). The third-order valence-electron chi connectivity index (χ3n) is 3.52. The van der Waals surface area contributed by atoms with Crippen molar-refractivity contribution in [2.75, 3.05) is 25.5 Å². The van der Waals surface area contributed by atoms with Crippen LogP contribution in [0.25, 0.3) is 0 Å². The molecule has 6 heteroatoms. The molecule has 0 bridgehead atoms. The Hall–Kier alpha value is -1.14. The number of carboxylic acid groups (broad SMARTS) is 1. The Kier molecular flexibility index (Phi) is 5.95. The van der Waals surface area contributed by atoms with Crippen LogP contribution in [0.15, 0.2) is 5.38 Å². The van der Waals surface area contributed by atoms with Gasteiger partial charge in [0.2, 0.25) is 0 Å². The number of anilines is 1. The van der Waals surface area contributed by atoms with Crippen LogP contribution < -0.4 is 5.32 Å². The fraction of sp³-hybridized carbons (Fsp3) is 0.714. The minimum atomic E-state index is -0.936. The maximum atomic E-state index is 11.2. The Morgan fingerprint density at radius 3 is 2.75 bits per heavy atom. The predicted molar refractivity (Wildman–Crippen MR) is 83.6 cm³/mol. The monoisotopic (exact) mass is 299 g/mol. The molecular weight excluding hydrogens is 274 g/mol. The van der Waals surface area contributed by atoms with Crippen LogP contribution in [0.2, 0.25) is 0 Å². The number of aromatic nitrogens is 1. The molecule has 0 amide bonds. The summed E-state index contributed by atoms with van der Waals surface area (Å²) in [5, 5.41) is 15.0. The number of carboxylic acids is 1. The number of carbonyl (C=O) groups is 1. The summed E-state index contributed by atoms with van der Waals surface area (Å²) in [6.07, 6.45) is 1.03. The van der Waals surface area contributed by atoms with Gasteiger partial charge in [0.15, 0.2) is 5.13 Å². The van der Waals surface area contributed by atoms with Crippen molar-refractivity contribution in [2.45, 2.75) is 45.6 Å². The Morgan fingerprint density at radius 1 is 1.55 bits per heavy atom. The van der Waals surface area contributed by atoms with Crippen molar-refractivity contribution in [1.82, 2.24) is 9.88 Å². The van der Waals surface area contributed by atoms with Gasteiger partial charge in [0.1, 0.15) is 5.41 Å². The molecule has 1 rings (SSSR count). The molecular formula is C14H25N3O2S. The quantitative estimate of drug-likeness (QED) is 0.722. The van der Waals surface area contributed by atoms with Gasteiger partial charge in [0.25, 0.3) is 0 Å². The predicted octanol–water partition coefficient (Wildman–Crippen LogP) is 2.65. The highest BCUT2D eigenvalue weighted by atomic mass is 32.1. The molecule has 114 valence electrons. The van der Waals surface area contributed by atoms with Crippen molar-refractivity contribution in [1.29, 1.82) is 0 Å². The average molecular weight is 299 g/mol. The van der Waals surface area contributed by atoms with Crippen LogP contribution in [0.4, 0.5) is 5.13 Å².